The van der Waals surface area contributed by atoms with Crippen LogP contribution in [-0.4, -0.2) is 0 Å². The molecule has 0 aromatic heterocycles. The lowest BCUT2D eigenvalue weighted by molar-refractivity contribution is 0.380. The summed E-state index contributed by atoms with van der Waals surface area (Å²) < 4.78 is 0. The third kappa shape index (κ3) is 4.79. The van der Waals surface area contributed by atoms with Gasteiger partial charge in [-0.1, -0.05) is 55.9 Å². The van der Waals surface area contributed by atoms with Crippen molar-refractivity contribution in [3.63, 3.8) is 0 Å². The van der Waals surface area contributed by atoms with Crippen molar-refractivity contribution >= 4 is 0 Å². The maximum absolute atomic E-state index is 2.60. The van der Waals surface area contributed by atoms with Crippen molar-refractivity contribution in [1.29, 1.82) is 0 Å². The fourth-order valence-corrected chi connectivity index (χ4v) is 4.09. The minimum atomic E-state index is 1.03. The van der Waals surface area contributed by atoms with Gasteiger partial charge in [0.15, 0.2) is 0 Å². The van der Waals surface area contributed by atoms with Crippen LogP contribution in [0.15, 0.2) is 22.8 Å². The van der Waals surface area contributed by atoms with Gasteiger partial charge in [0, 0.05) is 0 Å². The van der Waals surface area contributed by atoms with Crippen molar-refractivity contribution in [2.45, 2.75) is 97.3 Å². The van der Waals surface area contributed by atoms with Crippen LogP contribution in [0.3, 0.4) is 0 Å². The van der Waals surface area contributed by atoms with E-state index < -0.39 is 0 Å². The van der Waals surface area contributed by atoms with Gasteiger partial charge in [-0.05, 0) is 70.1 Å². The van der Waals surface area contributed by atoms with Crippen molar-refractivity contribution in [2.75, 3.05) is 0 Å². The highest BCUT2D eigenvalue weighted by Gasteiger charge is 2.16. The van der Waals surface area contributed by atoms with Gasteiger partial charge in [-0.2, -0.15) is 0 Å². The molecule has 0 atom stereocenters. The molecule has 0 aliphatic heterocycles. The molecule has 0 amide bonds. The molecule has 2 rings (SSSR count). The largest absolute Gasteiger partial charge is 0.0813 e. The summed E-state index contributed by atoms with van der Waals surface area (Å²) in [6.07, 6.45) is 20.8. The molecule has 2 fully saturated rings. The molecule has 0 N–H and O–H groups in total. The molecule has 0 radical (unpaired) electrons. The van der Waals surface area contributed by atoms with Crippen LogP contribution in [0.4, 0.5) is 0 Å². The molecule has 0 heteroatoms. The summed E-state index contributed by atoms with van der Waals surface area (Å²) in [5.74, 6) is 1.03. The lowest BCUT2D eigenvalue weighted by Gasteiger charge is -2.24. The second-order valence-corrected chi connectivity index (χ2v) is 6.92. The van der Waals surface area contributed by atoms with E-state index in [9.17, 15) is 0 Å². The highest BCUT2D eigenvalue weighted by Crippen LogP contribution is 2.33. The van der Waals surface area contributed by atoms with E-state index in [0.717, 1.165) is 5.92 Å². The van der Waals surface area contributed by atoms with Crippen LogP contribution in [0, 0.1) is 5.92 Å². The Morgan fingerprint density at radius 1 is 1.00 bits per heavy atom. The van der Waals surface area contributed by atoms with Gasteiger partial charge in [0.25, 0.3) is 0 Å². The number of hydrogen-bond acceptors (Lipinski definition) is 0. The van der Waals surface area contributed by atoms with Gasteiger partial charge < -0.3 is 0 Å². The normalized spacial score (nSPS) is 23.8. The predicted molar refractivity (Wildman–Crippen MR) is 90.0 cm³/mol. The minimum absolute atomic E-state index is 1.03. The van der Waals surface area contributed by atoms with E-state index in [0.29, 0.717) is 0 Å². The first-order valence-corrected chi connectivity index (χ1v) is 9.21. The van der Waals surface area contributed by atoms with Crippen LogP contribution in [0.25, 0.3) is 0 Å². The summed E-state index contributed by atoms with van der Waals surface area (Å²) >= 11 is 0. The molecule has 0 spiro atoms. The van der Waals surface area contributed by atoms with E-state index in [1.165, 1.54) is 83.5 Å². The molecular weight excluding hydrogens is 240 g/mol. The van der Waals surface area contributed by atoms with Crippen LogP contribution < -0.4 is 0 Å². The van der Waals surface area contributed by atoms with Crippen molar-refractivity contribution in [1.82, 2.24) is 0 Å². The van der Waals surface area contributed by atoms with E-state index >= 15 is 0 Å². The van der Waals surface area contributed by atoms with Gasteiger partial charge in [-0.25, -0.2) is 0 Å². The molecule has 2 saturated carbocycles. The lowest BCUT2D eigenvalue weighted by Crippen LogP contribution is -2.07. The van der Waals surface area contributed by atoms with E-state index in [2.05, 4.69) is 19.9 Å². The maximum atomic E-state index is 2.60. The van der Waals surface area contributed by atoms with Crippen LogP contribution in [0.2, 0.25) is 0 Å². The van der Waals surface area contributed by atoms with Gasteiger partial charge in [-0.15, -0.1) is 0 Å². The Morgan fingerprint density at radius 2 is 1.70 bits per heavy atom. The van der Waals surface area contributed by atoms with Crippen molar-refractivity contribution in [2.24, 2.45) is 5.92 Å². The average Bonchev–Trinajstić information content (AvgIpc) is 2.51. The molecule has 0 bridgehead atoms. The molecule has 0 unspecified atom stereocenters. The third-order valence-electron chi connectivity index (χ3n) is 5.47. The maximum Gasteiger partial charge on any atom is -0.0134 e. The van der Waals surface area contributed by atoms with Gasteiger partial charge in [0.2, 0.25) is 0 Å². The summed E-state index contributed by atoms with van der Waals surface area (Å²) in [7, 11) is 0. The van der Waals surface area contributed by atoms with Crippen LogP contribution in [0.1, 0.15) is 97.3 Å². The highest BCUT2D eigenvalue weighted by atomic mass is 14.2. The van der Waals surface area contributed by atoms with Crippen LogP contribution in [-0.2, 0) is 0 Å². The van der Waals surface area contributed by atoms with Gasteiger partial charge in [-0.3, -0.25) is 0 Å². The van der Waals surface area contributed by atoms with E-state index in [1.807, 2.05) is 5.57 Å². The fraction of sp³-hybridized carbons (Fsp3) is 0.800. The molecule has 114 valence electrons. The van der Waals surface area contributed by atoms with Crippen molar-refractivity contribution in [3.05, 3.63) is 22.8 Å². The zero-order valence-electron chi connectivity index (χ0n) is 13.8. The predicted octanol–water partition coefficient (Wildman–Crippen LogP) is 6.96. The van der Waals surface area contributed by atoms with Crippen LogP contribution in [0.5, 0.6) is 0 Å². The third-order valence-corrected chi connectivity index (χ3v) is 5.47. The Hall–Kier alpha value is -0.520. The summed E-state index contributed by atoms with van der Waals surface area (Å²) in [5.41, 5.74) is 5.35. The van der Waals surface area contributed by atoms with Gasteiger partial charge >= 0.3 is 0 Å². The first-order chi connectivity index (χ1) is 9.83. The number of allylic oxidation sites excluding steroid dienone is 4. The SMILES string of the molecule is CCCC1CCC(=CCC(CC)=C2CCCCC2)CC1. The summed E-state index contributed by atoms with van der Waals surface area (Å²) in [6, 6.07) is 0. The molecule has 2 aliphatic carbocycles. The molecule has 0 nitrogen and oxygen atoms in total. The first-order valence-electron chi connectivity index (χ1n) is 9.21. The lowest BCUT2D eigenvalue weighted by atomic mass is 9.82. The van der Waals surface area contributed by atoms with E-state index in [1.54, 1.807) is 11.1 Å². The monoisotopic (exact) mass is 274 g/mol. The highest BCUT2D eigenvalue weighted by molar-refractivity contribution is 5.20. The number of hydrogen-bond donors (Lipinski definition) is 0. The average molecular weight is 274 g/mol. The van der Waals surface area contributed by atoms with Crippen molar-refractivity contribution < 1.29 is 0 Å². The van der Waals surface area contributed by atoms with Gasteiger partial charge in [0.1, 0.15) is 0 Å². The molecule has 0 heterocycles. The Morgan fingerprint density at radius 3 is 2.30 bits per heavy atom. The van der Waals surface area contributed by atoms with Crippen molar-refractivity contribution in [3.8, 4) is 0 Å². The Labute approximate surface area is 126 Å². The van der Waals surface area contributed by atoms with Crippen LogP contribution >= 0.6 is 0 Å². The quantitative estimate of drug-likeness (QED) is 0.475. The molecule has 0 aromatic rings. The Kier molecular flexibility index (Phi) is 6.90. The second kappa shape index (κ2) is 8.70. The zero-order chi connectivity index (χ0) is 14.2. The topological polar surface area (TPSA) is 0 Å². The Bertz CT molecular complexity index is 327. The summed E-state index contributed by atoms with van der Waals surface area (Å²) in [5, 5.41) is 0. The minimum Gasteiger partial charge on any atom is -0.0813 e. The smallest absolute Gasteiger partial charge is 0.0134 e. The van der Waals surface area contributed by atoms with Gasteiger partial charge in [0.05, 0.1) is 0 Å². The number of rotatable bonds is 5. The standard InChI is InChI=1S/C20H34/c1-3-8-17-11-13-18(14-12-17)15-16-19(4-2)20-9-6-5-7-10-20/h15,17H,3-14,16H2,1-2H3. The zero-order valence-corrected chi connectivity index (χ0v) is 13.8. The molecule has 0 saturated heterocycles. The summed E-state index contributed by atoms with van der Waals surface area (Å²) in [6.45, 7) is 4.68. The Balaban J connectivity index is 1.85. The molecule has 2 aliphatic rings. The molecular formula is C20H34. The second-order valence-electron chi connectivity index (χ2n) is 6.92. The molecule has 0 aromatic carbocycles. The fourth-order valence-electron chi connectivity index (χ4n) is 4.09. The first kappa shape index (κ1) is 15.9. The van der Waals surface area contributed by atoms with E-state index in [4.69, 9.17) is 0 Å². The summed E-state index contributed by atoms with van der Waals surface area (Å²) in [4.78, 5) is 0. The van der Waals surface area contributed by atoms with E-state index in [-0.39, 0.29) is 0 Å². The molecule has 20 heavy (non-hydrogen) atoms.